The van der Waals surface area contributed by atoms with Crippen LogP contribution in [0.1, 0.15) is 29.1 Å². The van der Waals surface area contributed by atoms with E-state index in [9.17, 15) is 14.7 Å². The fourth-order valence-corrected chi connectivity index (χ4v) is 2.48. The molecular weight excluding hydrogens is 314 g/mol. The molecule has 23 heavy (non-hydrogen) atoms. The zero-order chi connectivity index (χ0) is 17.0. The first kappa shape index (κ1) is 17.0. The number of carboxylic acid groups (broad SMARTS) is 1. The van der Waals surface area contributed by atoms with E-state index in [0.717, 1.165) is 4.88 Å². The monoisotopic (exact) mass is 333 g/mol. The standard InChI is InChI=1S/C17H19NO4S/c1-17(2,16(20)21)18(3)15(19)12-6-4-7-13(10-12)22-11-14-8-5-9-23-14/h4-10H,11H2,1-3H3,(H,20,21). The molecule has 5 nitrogen and oxygen atoms in total. The van der Waals surface area contributed by atoms with Gasteiger partial charge in [-0.25, -0.2) is 4.79 Å². The Morgan fingerprint density at radius 1 is 1.26 bits per heavy atom. The van der Waals surface area contributed by atoms with Gasteiger partial charge in [0.05, 0.1) is 0 Å². The van der Waals surface area contributed by atoms with Crippen molar-refractivity contribution in [3.05, 3.63) is 52.2 Å². The second-order valence-electron chi connectivity index (χ2n) is 5.62. The third-order valence-corrected chi connectivity index (χ3v) is 4.56. The number of hydrogen-bond donors (Lipinski definition) is 1. The fraction of sp³-hybridized carbons (Fsp3) is 0.294. The first-order valence-electron chi connectivity index (χ1n) is 7.09. The van der Waals surface area contributed by atoms with Crippen LogP contribution in [0.4, 0.5) is 0 Å². The quantitative estimate of drug-likeness (QED) is 0.881. The number of nitrogens with zero attached hydrogens (tertiary/aromatic N) is 1. The summed E-state index contributed by atoms with van der Waals surface area (Å²) in [6.07, 6.45) is 0. The minimum absolute atomic E-state index is 0.362. The average molecular weight is 333 g/mol. The van der Waals surface area contributed by atoms with Gasteiger partial charge in [0.25, 0.3) is 5.91 Å². The van der Waals surface area contributed by atoms with Crippen molar-refractivity contribution in [3.63, 3.8) is 0 Å². The molecule has 1 heterocycles. The molecule has 0 fully saturated rings. The van der Waals surface area contributed by atoms with Gasteiger partial charge in [-0.15, -0.1) is 11.3 Å². The van der Waals surface area contributed by atoms with Crippen molar-refractivity contribution in [1.29, 1.82) is 0 Å². The third kappa shape index (κ3) is 3.90. The molecule has 1 amide bonds. The van der Waals surface area contributed by atoms with Gasteiger partial charge in [-0.05, 0) is 43.5 Å². The average Bonchev–Trinajstić information content (AvgIpc) is 3.05. The SMILES string of the molecule is CN(C(=O)c1cccc(OCc2cccs2)c1)C(C)(C)C(=O)O. The topological polar surface area (TPSA) is 66.8 Å². The highest BCUT2D eigenvalue weighted by atomic mass is 32.1. The predicted octanol–water partition coefficient (Wildman–Crippen LogP) is 3.26. The highest BCUT2D eigenvalue weighted by Crippen LogP contribution is 2.21. The molecule has 6 heteroatoms. The number of thiophene rings is 1. The summed E-state index contributed by atoms with van der Waals surface area (Å²) in [4.78, 5) is 26.1. The highest BCUT2D eigenvalue weighted by Gasteiger charge is 2.35. The zero-order valence-corrected chi connectivity index (χ0v) is 14.1. The van der Waals surface area contributed by atoms with Crippen molar-refractivity contribution >= 4 is 23.2 Å². The lowest BCUT2D eigenvalue weighted by Gasteiger charge is -2.31. The lowest BCUT2D eigenvalue weighted by atomic mass is 10.0. The normalized spacial score (nSPS) is 11.1. The molecule has 1 aromatic carbocycles. The molecule has 2 rings (SSSR count). The van der Waals surface area contributed by atoms with Crippen LogP contribution in [-0.4, -0.2) is 34.5 Å². The lowest BCUT2D eigenvalue weighted by Crippen LogP contribution is -2.50. The predicted molar refractivity (Wildman–Crippen MR) is 88.9 cm³/mol. The molecule has 0 unspecified atom stereocenters. The molecule has 0 saturated carbocycles. The summed E-state index contributed by atoms with van der Waals surface area (Å²) in [5.74, 6) is -0.844. The van der Waals surface area contributed by atoms with E-state index in [1.807, 2.05) is 17.5 Å². The van der Waals surface area contributed by atoms with Crippen LogP contribution in [-0.2, 0) is 11.4 Å². The number of carbonyl (C=O) groups is 2. The Bertz CT molecular complexity index is 694. The van der Waals surface area contributed by atoms with Crippen LogP contribution in [0.3, 0.4) is 0 Å². The Labute approximate surface area is 139 Å². The van der Waals surface area contributed by atoms with Crippen LogP contribution < -0.4 is 4.74 Å². The maximum absolute atomic E-state index is 12.5. The molecule has 1 aromatic heterocycles. The fourth-order valence-electron chi connectivity index (χ4n) is 1.86. The first-order chi connectivity index (χ1) is 10.8. The maximum atomic E-state index is 12.5. The van der Waals surface area contributed by atoms with Gasteiger partial charge < -0.3 is 14.7 Å². The van der Waals surface area contributed by atoms with E-state index < -0.39 is 11.5 Å². The van der Waals surface area contributed by atoms with Crippen LogP contribution in [0.15, 0.2) is 41.8 Å². The summed E-state index contributed by atoms with van der Waals surface area (Å²) in [6.45, 7) is 3.42. The van der Waals surface area contributed by atoms with Crippen molar-refractivity contribution < 1.29 is 19.4 Å². The van der Waals surface area contributed by atoms with E-state index in [1.54, 1.807) is 35.6 Å². The molecule has 0 atom stereocenters. The van der Waals surface area contributed by atoms with Crippen molar-refractivity contribution in [2.45, 2.75) is 26.0 Å². The molecule has 1 N–H and O–H groups in total. The van der Waals surface area contributed by atoms with Gasteiger partial charge in [0.1, 0.15) is 17.9 Å². The summed E-state index contributed by atoms with van der Waals surface area (Å²) in [6, 6.07) is 10.7. The molecule has 0 aliphatic rings. The second kappa shape index (κ2) is 6.83. The minimum Gasteiger partial charge on any atom is -0.488 e. The van der Waals surface area contributed by atoms with Crippen LogP contribution in [0.2, 0.25) is 0 Å². The third-order valence-electron chi connectivity index (χ3n) is 3.71. The molecule has 0 aliphatic heterocycles. The van der Waals surface area contributed by atoms with Crippen molar-refractivity contribution in [3.8, 4) is 5.75 Å². The number of likely N-dealkylation sites (N-methyl/N-ethyl adjacent to an activating group) is 1. The number of hydrogen-bond acceptors (Lipinski definition) is 4. The highest BCUT2D eigenvalue weighted by molar-refractivity contribution is 7.09. The van der Waals surface area contributed by atoms with Crippen molar-refractivity contribution in [1.82, 2.24) is 4.90 Å². The molecule has 0 radical (unpaired) electrons. The molecule has 122 valence electrons. The number of benzene rings is 1. The molecule has 0 saturated heterocycles. The summed E-state index contributed by atoms with van der Waals surface area (Å²) >= 11 is 1.60. The number of rotatable bonds is 6. The van der Waals surface area contributed by atoms with E-state index in [4.69, 9.17) is 4.74 Å². The Morgan fingerprint density at radius 3 is 2.61 bits per heavy atom. The second-order valence-corrected chi connectivity index (χ2v) is 6.66. The van der Waals surface area contributed by atoms with E-state index >= 15 is 0 Å². The summed E-state index contributed by atoms with van der Waals surface area (Å²) in [7, 11) is 1.48. The van der Waals surface area contributed by atoms with Crippen LogP contribution >= 0.6 is 11.3 Å². The van der Waals surface area contributed by atoms with Gasteiger partial charge in [-0.3, -0.25) is 4.79 Å². The Balaban J connectivity index is 2.12. The maximum Gasteiger partial charge on any atom is 0.329 e. The van der Waals surface area contributed by atoms with Gasteiger partial charge in [-0.1, -0.05) is 12.1 Å². The lowest BCUT2D eigenvalue weighted by molar-refractivity contribution is -0.147. The van der Waals surface area contributed by atoms with E-state index in [0.29, 0.717) is 17.9 Å². The molecule has 0 spiro atoms. The van der Waals surface area contributed by atoms with Crippen LogP contribution in [0, 0.1) is 0 Å². The number of carbonyl (C=O) groups excluding carboxylic acids is 1. The van der Waals surface area contributed by atoms with Crippen molar-refractivity contribution in [2.24, 2.45) is 0 Å². The minimum atomic E-state index is -1.29. The summed E-state index contributed by atoms with van der Waals surface area (Å²) in [5, 5.41) is 11.2. The van der Waals surface area contributed by atoms with Crippen molar-refractivity contribution in [2.75, 3.05) is 7.05 Å². The molecule has 0 aliphatic carbocycles. The van der Waals surface area contributed by atoms with Gasteiger partial charge in [0, 0.05) is 17.5 Å². The van der Waals surface area contributed by atoms with Crippen LogP contribution in [0.5, 0.6) is 5.75 Å². The van der Waals surface area contributed by atoms with Gasteiger partial charge >= 0.3 is 5.97 Å². The molecular formula is C17H19NO4S. The van der Waals surface area contributed by atoms with E-state index in [-0.39, 0.29) is 5.91 Å². The number of amides is 1. The van der Waals surface area contributed by atoms with E-state index in [2.05, 4.69) is 0 Å². The van der Waals surface area contributed by atoms with Gasteiger partial charge in [0.15, 0.2) is 0 Å². The smallest absolute Gasteiger partial charge is 0.329 e. The number of carboxylic acids is 1. The number of ether oxygens (including phenoxy) is 1. The molecule has 0 bridgehead atoms. The zero-order valence-electron chi connectivity index (χ0n) is 13.3. The number of aliphatic carboxylic acids is 1. The Kier molecular flexibility index (Phi) is 5.05. The van der Waals surface area contributed by atoms with Gasteiger partial charge in [0.2, 0.25) is 0 Å². The first-order valence-corrected chi connectivity index (χ1v) is 7.97. The van der Waals surface area contributed by atoms with E-state index in [1.165, 1.54) is 25.8 Å². The van der Waals surface area contributed by atoms with Gasteiger partial charge in [-0.2, -0.15) is 0 Å². The molecule has 2 aromatic rings. The largest absolute Gasteiger partial charge is 0.488 e. The Morgan fingerprint density at radius 2 is 2.00 bits per heavy atom. The Hall–Kier alpha value is -2.34. The summed E-state index contributed by atoms with van der Waals surface area (Å²) < 4.78 is 5.68. The summed E-state index contributed by atoms with van der Waals surface area (Å²) in [5.41, 5.74) is -0.893. The van der Waals surface area contributed by atoms with Crippen LogP contribution in [0.25, 0.3) is 0 Å².